The maximum Gasteiger partial charge on any atom is 0.251 e. The fourth-order valence-electron chi connectivity index (χ4n) is 1.24. The first-order valence-electron chi connectivity index (χ1n) is 6.68. The molecule has 0 aliphatic heterocycles. The summed E-state index contributed by atoms with van der Waals surface area (Å²) in [6.07, 6.45) is 1.95. The van der Waals surface area contributed by atoms with E-state index in [-0.39, 0.29) is 5.04 Å². The Morgan fingerprint density at radius 2 is 1.74 bits per heavy atom. The predicted molar refractivity (Wildman–Crippen MR) is 85.4 cm³/mol. The predicted octanol–water partition coefficient (Wildman–Crippen LogP) is 4.96. The van der Waals surface area contributed by atoms with Crippen molar-refractivity contribution in [2.75, 3.05) is 0 Å². The Hall–Kier alpha value is -1.46. The van der Waals surface area contributed by atoms with Gasteiger partial charge in [-0.3, -0.25) is 0 Å². The van der Waals surface area contributed by atoms with Crippen LogP contribution in [0.3, 0.4) is 0 Å². The highest BCUT2D eigenvalue weighted by molar-refractivity contribution is 6.74. The molecule has 0 saturated heterocycles. The zero-order valence-corrected chi connectivity index (χ0v) is 13.9. The van der Waals surface area contributed by atoms with Crippen molar-refractivity contribution in [1.82, 2.24) is 0 Å². The van der Waals surface area contributed by atoms with Crippen molar-refractivity contribution < 1.29 is 4.43 Å². The van der Waals surface area contributed by atoms with Gasteiger partial charge in [-0.1, -0.05) is 44.9 Å². The fraction of sp³-hybridized carbons (Fsp3) is 0.412. The molecule has 0 radical (unpaired) electrons. The van der Waals surface area contributed by atoms with E-state index in [1.54, 1.807) is 0 Å². The summed E-state index contributed by atoms with van der Waals surface area (Å²) in [6, 6.07) is 10.00. The molecule has 0 spiro atoms. The molecule has 1 aromatic carbocycles. The van der Waals surface area contributed by atoms with Crippen LogP contribution >= 0.6 is 0 Å². The van der Waals surface area contributed by atoms with E-state index in [4.69, 9.17) is 4.43 Å². The monoisotopic (exact) mass is 272 g/mol. The van der Waals surface area contributed by atoms with Gasteiger partial charge < -0.3 is 4.43 Å². The van der Waals surface area contributed by atoms with E-state index in [9.17, 15) is 0 Å². The minimum Gasteiger partial charge on any atom is -0.538 e. The maximum atomic E-state index is 6.20. The van der Waals surface area contributed by atoms with Gasteiger partial charge >= 0.3 is 0 Å². The van der Waals surface area contributed by atoms with Gasteiger partial charge in [0.2, 0.25) is 0 Å². The van der Waals surface area contributed by atoms with Crippen molar-refractivity contribution in [3.63, 3.8) is 0 Å². The molecule has 0 aliphatic carbocycles. The van der Waals surface area contributed by atoms with Crippen LogP contribution in [0.15, 0.2) is 42.2 Å². The van der Waals surface area contributed by atoms with Crippen LogP contribution in [0.2, 0.25) is 18.1 Å². The Kier molecular flexibility index (Phi) is 5.02. The van der Waals surface area contributed by atoms with Crippen molar-refractivity contribution >= 4 is 8.32 Å². The molecule has 102 valence electrons. The first kappa shape index (κ1) is 15.6. The molecule has 0 N–H and O–H groups in total. The second-order valence-corrected chi connectivity index (χ2v) is 10.9. The fourth-order valence-corrected chi connectivity index (χ4v) is 2.26. The second-order valence-electron chi connectivity index (χ2n) is 6.13. The zero-order valence-electron chi connectivity index (χ0n) is 12.9. The summed E-state index contributed by atoms with van der Waals surface area (Å²) in [5.41, 5.74) is 1.01. The van der Waals surface area contributed by atoms with Crippen LogP contribution in [0.1, 0.15) is 33.3 Å². The molecule has 0 amide bonds. The Morgan fingerprint density at radius 1 is 1.16 bits per heavy atom. The summed E-state index contributed by atoms with van der Waals surface area (Å²) in [4.78, 5) is 0. The van der Waals surface area contributed by atoms with Crippen molar-refractivity contribution in [2.45, 2.75) is 45.8 Å². The molecule has 0 heterocycles. The van der Waals surface area contributed by atoms with E-state index < -0.39 is 8.32 Å². The summed E-state index contributed by atoms with van der Waals surface area (Å²) in [5, 5.41) is 0.190. The first-order valence-corrected chi connectivity index (χ1v) is 9.59. The van der Waals surface area contributed by atoms with Gasteiger partial charge in [0.05, 0.1) is 0 Å². The van der Waals surface area contributed by atoms with Crippen LogP contribution in [0.25, 0.3) is 0 Å². The number of rotatable bonds is 2. The van der Waals surface area contributed by atoms with Crippen molar-refractivity contribution in [3.05, 3.63) is 47.7 Å². The highest BCUT2D eigenvalue weighted by Gasteiger charge is 2.39. The molecule has 0 atom stereocenters. The van der Waals surface area contributed by atoms with E-state index >= 15 is 0 Å². The van der Waals surface area contributed by atoms with Crippen LogP contribution in [0, 0.1) is 11.8 Å². The number of hydrogen-bond acceptors (Lipinski definition) is 1. The normalized spacial score (nSPS) is 12.6. The topological polar surface area (TPSA) is 9.23 Å². The lowest BCUT2D eigenvalue weighted by molar-refractivity contribution is 0.403. The standard InChI is InChI=1S/C17H24OSi/c1-7-16(18-19(5,6)17(2,3)4)14-13-15-11-9-8-10-12-15/h7-12H,1-6H3/b16-7+. The molecule has 19 heavy (non-hydrogen) atoms. The molecular weight excluding hydrogens is 248 g/mol. The maximum absolute atomic E-state index is 6.20. The quantitative estimate of drug-likeness (QED) is 0.420. The van der Waals surface area contributed by atoms with E-state index in [0.29, 0.717) is 0 Å². The van der Waals surface area contributed by atoms with Crippen molar-refractivity contribution in [1.29, 1.82) is 0 Å². The third-order valence-electron chi connectivity index (χ3n) is 3.54. The van der Waals surface area contributed by atoms with Crippen LogP contribution in [-0.2, 0) is 4.43 Å². The molecule has 1 rings (SSSR count). The third-order valence-corrected chi connectivity index (χ3v) is 7.88. The summed E-state index contributed by atoms with van der Waals surface area (Å²) < 4.78 is 6.20. The summed E-state index contributed by atoms with van der Waals surface area (Å²) in [5.74, 6) is 7.07. The van der Waals surface area contributed by atoms with Crippen molar-refractivity contribution in [2.24, 2.45) is 0 Å². The van der Waals surface area contributed by atoms with Gasteiger partial charge in [0.25, 0.3) is 8.32 Å². The lowest BCUT2D eigenvalue weighted by Gasteiger charge is -2.36. The van der Waals surface area contributed by atoms with Crippen molar-refractivity contribution in [3.8, 4) is 11.8 Å². The number of hydrogen-bond donors (Lipinski definition) is 0. The lowest BCUT2D eigenvalue weighted by Crippen LogP contribution is -2.40. The van der Waals surface area contributed by atoms with Crippen LogP contribution in [0.5, 0.6) is 0 Å². The minimum atomic E-state index is -1.80. The van der Waals surface area contributed by atoms with E-state index in [0.717, 1.165) is 11.3 Å². The minimum absolute atomic E-state index is 0.190. The van der Waals surface area contributed by atoms with Gasteiger partial charge in [-0.05, 0) is 49.2 Å². The second kappa shape index (κ2) is 6.12. The SMILES string of the molecule is C/C=C(\C#Cc1ccccc1)O[Si](C)(C)C(C)(C)C. The van der Waals surface area contributed by atoms with Crippen LogP contribution in [0.4, 0.5) is 0 Å². The van der Waals surface area contributed by atoms with Gasteiger partial charge in [-0.25, -0.2) is 0 Å². The molecule has 0 unspecified atom stereocenters. The van der Waals surface area contributed by atoms with Crippen LogP contribution < -0.4 is 0 Å². The zero-order chi connectivity index (χ0) is 14.5. The number of allylic oxidation sites excluding steroid dienone is 2. The Bertz CT molecular complexity index is 496. The highest BCUT2D eigenvalue weighted by atomic mass is 28.4. The molecule has 0 bridgehead atoms. The Morgan fingerprint density at radius 3 is 2.21 bits per heavy atom. The van der Waals surface area contributed by atoms with Crippen LogP contribution in [-0.4, -0.2) is 8.32 Å². The Balaban J connectivity index is 2.86. The average Bonchev–Trinajstić information content (AvgIpc) is 2.34. The van der Waals surface area contributed by atoms with E-state index in [1.165, 1.54) is 0 Å². The molecule has 0 aliphatic rings. The van der Waals surface area contributed by atoms with Gasteiger partial charge in [-0.15, -0.1) is 0 Å². The summed E-state index contributed by atoms with van der Waals surface area (Å²) in [7, 11) is -1.80. The molecule has 1 nitrogen and oxygen atoms in total. The first-order chi connectivity index (χ1) is 8.76. The molecule has 0 saturated carbocycles. The smallest absolute Gasteiger partial charge is 0.251 e. The van der Waals surface area contributed by atoms with E-state index in [2.05, 4.69) is 45.7 Å². The van der Waals surface area contributed by atoms with Gasteiger partial charge in [0, 0.05) is 5.56 Å². The highest BCUT2D eigenvalue weighted by Crippen LogP contribution is 2.37. The molecular formula is C17H24OSi. The van der Waals surface area contributed by atoms with Gasteiger partial charge in [0.1, 0.15) is 0 Å². The van der Waals surface area contributed by atoms with Gasteiger partial charge in [0.15, 0.2) is 5.76 Å². The molecule has 0 aromatic heterocycles. The molecule has 1 aromatic rings. The summed E-state index contributed by atoms with van der Waals surface area (Å²) >= 11 is 0. The molecule has 2 heteroatoms. The summed E-state index contributed by atoms with van der Waals surface area (Å²) in [6.45, 7) is 13.1. The number of benzene rings is 1. The molecule has 0 fully saturated rings. The largest absolute Gasteiger partial charge is 0.538 e. The van der Waals surface area contributed by atoms with Gasteiger partial charge in [-0.2, -0.15) is 0 Å². The van der Waals surface area contributed by atoms with E-state index in [1.807, 2.05) is 43.3 Å². The third kappa shape index (κ3) is 4.61. The average molecular weight is 272 g/mol. The Labute approximate surface area is 118 Å². The lowest BCUT2D eigenvalue weighted by atomic mass is 10.2.